The van der Waals surface area contributed by atoms with Crippen molar-refractivity contribution in [1.29, 1.82) is 0 Å². The first kappa shape index (κ1) is 18.1. The van der Waals surface area contributed by atoms with Crippen LogP contribution >= 0.6 is 0 Å². The van der Waals surface area contributed by atoms with Crippen molar-refractivity contribution in [2.75, 3.05) is 20.2 Å². The molecule has 0 aliphatic carbocycles. The zero-order chi connectivity index (χ0) is 18.0. The average Bonchev–Trinajstić information content (AvgIpc) is 3.16. The van der Waals surface area contributed by atoms with Crippen LogP contribution in [0.1, 0.15) is 56.9 Å². The number of nitrogens with zero attached hydrogens (tertiary/aromatic N) is 4. The Bertz CT molecular complexity index is 684. The molecule has 0 unspecified atom stereocenters. The molecule has 1 aliphatic rings. The Morgan fingerprint density at radius 1 is 1.40 bits per heavy atom. The number of hydrogen-bond donors (Lipinski definition) is 1. The van der Waals surface area contributed by atoms with Gasteiger partial charge in [0.05, 0.1) is 5.69 Å². The smallest absolute Gasteiger partial charge is 0.137 e. The van der Waals surface area contributed by atoms with Gasteiger partial charge in [0.2, 0.25) is 0 Å². The van der Waals surface area contributed by atoms with Crippen molar-refractivity contribution in [3.05, 3.63) is 35.7 Å². The fourth-order valence-corrected chi connectivity index (χ4v) is 3.55. The van der Waals surface area contributed by atoms with E-state index < -0.39 is 0 Å². The first-order chi connectivity index (χ1) is 11.8. The van der Waals surface area contributed by atoms with Gasteiger partial charge in [-0.3, -0.25) is 5.10 Å². The summed E-state index contributed by atoms with van der Waals surface area (Å²) < 4.78 is 8.16. The second kappa shape index (κ2) is 7.30. The third-order valence-electron chi connectivity index (χ3n) is 4.94. The fourth-order valence-electron chi connectivity index (χ4n) is 3.55. The third-order valence-corrected chi connectivity index (χ3v) is 4.94. The van der Waals surface area contributed by atoms with Gasteiger partial charge in [0.15, 0.2) is 0 Å². The van der Waals surface area contributed by atoms with Crippen molar-refractivity contribution < 1.29 is 4.74 Å². The van der Waals surface area contributed by atoms with Crippen LogP contribution in [0.4, 0.5) is 0 Å². The van der Waals surface area contributed by atoms with Gasteiger partial charge in [-0.05, 0) is 26.0 Å². The minimum absolute atomic E-state index is 0.0772. The Morgan fingerprint density at radius 3 is 2.84 bits per heavy atom. The standard InChI is InChI=1S/C19H31N5O/c1-19(2,3)16-11-15(21-22-16)13-23(4)12-14-7-6-10-25-17(14)18-20-8-9-24(18)5/h8-9,11,14,17H,6-7,10,12-13H2,1-5H3,(H,21,22)/t14-,17+/m0/s1. The predicted molar refractivity (Wildman–Crippen MR) is 98.2 cm³/mol. The van der Waals surface area contributed by atoms with E-state index in [1.807, 2.05) is 19.4 Å². The summed E-state index contributed by atoms with van der Waals surface area (Å²) in [6.45, 7) is 9.25. The van der Waals surface area contributed by atoms with Crippen LogP contribution in [-0.4, -0.2) is 44.8 Å². The number of nitrogens with one attached hydrogen (secondary N) is 1. The van der Waals surface area contributed by atoms with E-state index in [-0.39, 0.29) is 11.5 Å². The second-order valence-electron chi connectivity index (χ2n) is 8.32. The molecule has 0 aromatic carbocycles. The molecule has 138 valence electrons. The van der Waals surface area contributed by atoms with Crippen molar-refractivity contribution in [1.82, 2.24) is 24.6 Å². The highest BCUT2D eigenvalue weighted by Crippen LogP contribution is 2.33. The number of aryl methyl sites for hydroxylation is 1. The highest BCUT2D eigenvalue weighted by molar-refractivity contribution is 5.16. The molecule has 3 rings (SSSR count). The van der Waals surface area contributed by atoms with Gasteiger partial charge in [-0.2, -0.15) is 5.10 Å². The summed E-state index contributed by atoms with van der Waals surface area (Å²) in [6, 6.07) is 2.18. The van der Waals surface area contributed by atoms with Gasteiger partial charge >= 0.3 is 0 Å². The Balaban J connectivity index is 1.63. The van der Waals surface area contributed by atoms with E-state index in [0.29, 0.717) is 5.92 Å². The quantitative estimate of drug-likeness (QED) is 0.905. The summed E-state index contributed by atoms with van der Waals surface area (Å²) in [6.07, 6.45) is 6.23. The molecule has 6 heteroatoms. The molecule has 1 aliphatic heterocycles. The maximum atomic E-state index is 6.09. The third kappa shape index (κ3) is 4.30. The first-order valence-electron chi connectivity index (χ1n) is 9.16. The number of ether oxygens (including phenoxy) is 1. The lowest BCUT2D eigenvalue weighted by Crippen LogP contribution is -2.34. The molecule has 25 heavy (non-hydrogen) atoms. The topological polar surface area (TPSA) is 59.0 Å². The van der Waals surface area contributed by atoms with Crippen LogP contribution in [0.2, 0.25) is 0 Å². The first-order valence-corrected chi connectivity index (χ1v) is 9.16. The molecule has 2 aromatic heterocycles. The molecule has 2 aromatic rings. The van der Waals surface area contributed by atoms with Gasteiger partial charge in [0.1, 0.15) is 11.9 Å². The molecular formula is C19H31N5O. The van der Waals surface area contributed by atoms with E-state index in [2.05, 4.69) is 58.5 Å². The van der Waals surface area contributed by atoms with Gasteiger partial charge in [0, 0.05) is 56.2 Å². The molecule has 0 bridgehead atoms. The normalized spacial score (nSPS) is 21.8. The lowest BCUT2D eigenvalue weighted by molar-refractivity contribution is -0.0438. The Kier molecular flexibility index (Phi) is 5.29. The van der Waals surface area contributed by atoms with Crippen molar-refractivity contribution >= 4 is 0 Å². The van der Waals surface area contributed by atoms with Gasteiger partial charge in [-0.25, -0.2) is 4.98 Å². The summed E-state index contributed by atoms with van der Waals surface area (Å²) in [5.41, 5.74) is 2.36. The van der Waals surface area contributed by atoms with Gasteiger partial charge in [0.25, 0.3) is 0 Å². The molecular weight excluding hydrogens is 314 g/mol. The summed E-state index contributed by atoms with van der Waals surface area (Å²) in [5.74, 6) is 1.50. The lowest BCUT2D eigenvalue weighted by atomic mass is 9.92. The van der Waals surface area contributed by atoms with E-state index in [1.54, 1.807) is 0 Å². The number of imidazole rings is 1. The summed E-state index contributed by atoms with van der Waals surface area (Å²) in [4.78, 5) is 6.87. The number of aromatic amines is 1. The number of H-pyrrole nitrogens is 1. The van der Waals surface area contributed by atoms with Crippen molar-refractivity contribution in [3.8, 4) is 0 Å². The van der Waals surface area contributed by atoms with Crippen LogP contribution in [0.15, 0.2) is 18.5 Å². The summed E-state index contributed by atoms with van der Waals surface area (Å²) in [7, 11) is 4.21. The van der Waals surface area contributed by atoms with Gasteiger partial charge in [-0.1, -0.05) is 20.8 Å². The maximum absolute atomic E-state index is 6.09. The maximum Gasteiger partial charge on any atom is 0.137 e. The Morgan fingerprint density at radius 2 is 2.20 bits per heavy atom. The second-order valence-corrected chi connectivity index (χ2v) is 8.32. The fraction of sp³-hybridized carbons (Fsp3) is 0.684. The highest BCUT2D eigenvalue weighted by atomic mass is 16.5. The monoisotopic (exact) mass is 345 g/mol. The molecule has 0 saturated carbocycles. The van der Waals surface area contributed by atoms with Crippen LogP contribution in [0.25, 0.3) is 0 Å². The summed E-state index contributed by atoms with van der Waals surface area (Å²) >= 11 is 0. The van der Waals surface area contributed by atoms with Gasteiger partial charge < -0.3 is 14.2 Å². The van der Waals surface area contributed by atoms with E-state index in [4.69, 9.17) is 4.74 Å². The molecule has 3 heterocycles. The van der Waals surface area contributed by atoms with E-state index in [9.17, 15) is 0 Å². The van der Waals surface area contributed by atoms with Gasteiger partial charge in [-0.15, -0.1) is 0 Å². The largest absolute Gasteiger partial charge is 0.370 e. The molecule has 1 N–H and O–H groups in total. The number of rotatable bonds is 5. The SMILES string of the molecule is CN(Cc1cc(C(C)(C)C)n[nH]1)C[C@@H]1CCCO[C@H]1c1nccn1C. The van der Waals surface area contributed by atoms with Crippen molar-refractivity contribution in [2.24, 2.45) is 13.0 Å². The lowest BCUT2D eigenvalue weighted by Gasteiger charge is -2.33. The molecule has 2 atom stereocenters. The number of aromatic nitrogens is 4. The van der Waals surface area contributed by atoms with Crippen LogP contribution in [0, 0.1) is 5.92 Å². The molecule has 0 amide bonds. The van der Waals surface area contributed by atoms with Crippen LogP contribution < -0.4 is 0 Å². The van der Waals surface area contributed by atoms with Crippen LogP contribution in [0.5, 0.6) is 0 Å². The minimum atomic E-state index is 0.0772. The molecule has 1 fully saturated rings. The summed E-state index contributed by atoms with van der Waals surface area (Å²) in [5, 5.41) is 7.65. The molecule has 1 saturated heterocycles. The van der Waals surface area contributed by atoms with Crippen molar-refractivity contribution in [3.63, 3.8) is 0 Å². The van der Waals surface area contributed by atoms with E-state index in [1.165, 1.54) is 6.42 Å². The van der Waals surface area contributed by atoms with Crippen LogP contribution in [-0.2, 0) is 23.7 Å². The predicted octanol–water partition coefficient (Wildman–Crippen LogP) is 3.04. The zero-order valence-corrected chi connectivity index (χ0v) is 16.1. The average molecular weight is 345 g/mol. The molecule has 0 radical (unpaired) electrons. The molecule has 0 spiro atoms. The Hall–Kier alpha value is -1.66. The van der Waals surface area contributed by atoms with Crippen molar-refractivity contribution in [2.45, 2.75) is 51.7 Å². The van der Waals surface area contributed by atoms with Crippen LogP contribution in [0.3, 0.4) is 0 Å². The minimum Gasteiger partial charge on any atom is -0.370 e. The van der Waals surface area contributed by atoms with E-state index >= 15 is 0 Å². The molecule has 6 nitrogen and oxygen atoms in total. The zero-order valence-electron chi connectivity index (χ0n) is 16.1. The highest BCUT2D eigenvalue weighted by Gasteiger charge is 2.31. The Labute approximate surface area is 150 Å². The number of hydrogen-bond acceptors (Lipinski definition) is 4. The van der Waals surface area contributed by atoms with E-state index in [0.717, 1.165) is 43.3 Å².